The monoisotopic (exact) mass is 363 g/mol. The molecule has 2 nitrogen and oxygen atoms in total. The van der Waals surface area contributed by atoms with Crippen LogP contribution >= 0.6 is 38.5 Å². The summed E-state index contributed by atoms with van der Waals surface area (Å²) in [7, 11) is 0. The largest absolute Gasteiger partial charge is 0.392 e. The molecule has 0 unspecified atom stereocenters. The Morgan fingerprint density at radius 3 is 2.79 bits per heavy atom. The van der Waals surface area contributed by atoms with E-state index in [0.717, 1.165) is 24.6 Å². The van der Waals surface area contributed by atoms with Crippen LogP contribution in [0.25, 0.3) is 10.9 Å². The van der Waals surface area contributed by atoms with Crippen molar-refractivity contribution in [2.75, 3.05) is 0 Å². The number of aliphatic hydroxyl groups excluding tert-OH is 1. The molecule has 1 N–H and O–H groups in total. The summed E-state index contributed by atoms with van der Waals surface area (Å²) in [6, 6.07) is 7.90. The van der Waals surface area contributed by atoms with Gasteiger partial charge in [-0.2, -0.15) is 0 Å². The second-order valence-electron chi connectivity index (χ2n) is 2.87. The zero-order chi connectivity index (χ0) is 10.1. The first-order chi connectivity index (χ1) is 6.74. The summed E-state index contributed by atoms with van der Waals surface area (Å²) in [6.45, 7) is 0.0106. The number of pyridine rings is 1. The number of nitrogens with zero attached hydrogens (tertiary/aromatic N) is 1. The van der Waals surface area contributed by atoms with Crippen LogP contribution in [0, 0.1) is 3.57 Å². The molecule has 0 atom stereocenters. The van der Waals surface area contributed by atoms with Crippen LogP contribution in [0.5, 0.6) is 0 Å². The lowest BCUT2D eigenvalue weighted by Gasteiger charge is -2.07. The lowest BCUT2D eigenvalue weighted by Crippen LogP contribution is -1.95. The molecule has 0 spiro atoms. The van der Waals surface area contributed by atoms with Crippen LogP contribution < -0.4 is 0 Å². The fourth-order valence-electron chi connectivity index (χ4n) is 1.32. The summed E-state index contributed by atoms with van der Waals surface area (Å²) in [5.41, 5.74) is 1.80. The van der Waals surface area contributed by atoms with Gasteiger partial charge in [-0.05, 0) is 44.6 Å². The van der Waals surface area contributed by atoms with Gasteiger partial charge in [-0.3, -0.25) is 0 Å². The first kappa shape index (κ1) is 10.3. The molecule has 1 heterocycles. The molecular formula is C10H7BrINO. The predicted octanol–water partition coefficient (Wildman–Crippen LogP) is 3.09. The van der Waals surface area contributed by atoms with Crippen molar-refractivity contribution in [3.8, 4) is 0 Å². The molecule has 4 heteroatoms. The van der Waals surface area contributed by atoms with Crippen molar-refractivity contribution in [1.82, 2.24) is 4.98 Å². The minimum absolute atomic E-state index is 0.0106. The normalized spacial score (nSPS) is 10.8. The Labute approximate surface area is 104 Å². The number of fused-ring (bicyclic) bond motifs is 1. The Kier molecular flexibility index (Phi) is 3.04. The van der Waals surface area contributed by atoms with Gasteiger partial charge in [-0.15, -0.1) is 0 Å². The third-order valence-corrected chi connectivity index (χ3v) is 3.92. The van der Waals surface area contributed by atoms with E-state index in [0.29, 0.717) is 0 Å². The molecule has 72 valence electrons. The Hall–Kier alpha value is -0.200. The molecule has 0 saturated heterocycles. The number of halogens is 2. The molecule has 1 aromatic heterocycles. The van der Waals surface area contributed by atoms with Crippen molar-refractivity contribution < 1.29 is 5.11 Å². The van der Waals surface area contributed by atoms with E-state index in [1.807, 2.05) is 24.3 Å². The van der Waals surface area contributed by atoms with E-state index < -0.39 is 0 Å². The number of hydrogen-bond donors (Lipinski definition) is 1. The lowest BCUT2D eigenvalue weighted by molar-refractivity contribution is 0.280. The summed E-state index contributed by atoms with van der Waals surface area (Å²) < 4.78 is 1.78. The highest BCUT2D eigenvalue weighted by molar-refractivity contribution is 14.1. The number of para-hydroxylation sites is 1. The maximum Gasteiger partial charge on any atom is 0.113 e. The molecule has 0 aliphatic carbocycles. The highest BCUT2D eigenvalue weighted by atomic mass is 127. The van der Waals surface area contributed by atoms with Crippen LogP contribution in [-0.2, 0) is 6.61 Å². The Morgan fingerprint density at radius 1 is 1.36 bits per heavy atom. The van der Waals surface area contributed by atoms with Crippen molar-refractivity contribution in [2.24, 2.45) is 0 Å². The van der Waals surface area contributed by atoms with Gasteiger partial charge in [0.1, 0.15) is 4.60 Å². The number of aliphatic hydroxyl groups is 1. The SMILES string of the molecule is OCc1c(Br)nc2ccccc2c1I. The molecule has 0 bridgehead atoms. The quantitative estimate of drug-likeness (QED) is 0.623. The fourth-order valence-corrected chi connectivity index (χ4v) is 3.09. The first-order valence-electron chi connectivity index (χ1n) is 4.07. The van der Waals surface area contributed by atoms with Gasteiger partial charge in [0.15, 0.2) is 0 Å². The molecule has 0 aliphatic rings. The number of aromatic nitrogens is 1. The average molecular weight is 364 g/mol. The zero-order valence-corrected chi connectivity index (χ0v) is 10.9. The number of hydrogen-bond acceptors (Lipinski definition) is 2. The Bertz CT molecular complexity index is 487. The molecule has 0 radical (unpaired) electrons. The number of benzene rings is 1. The minimum atomic E-state index is 0.0106. The molecular weight excluding hydrogens is 357 g/mol. The van der Waals surface area contributed by atoms with Gasteiger partial charge >= 0.3 is 0 Å². The molecule has 2 aromatic rings. The van der Waals surface area contributed by atoms with Crippen LogP contribution in [0.1, 0.15) is 5.56 Å². The molecule has 2 rings (SSSR count). The lowest BCUT2D eigenvalue weighted by atomic mass is 10.2. The molecule has 1 aromatic carbocycles. The Balaban J connectivity index is 2.86. The van der Waals surface area contributed by atoms with Crippen molar-refractivity contribution >= 4 is 49.4 Å². The van der Waals surface area contributed by atoms with Crippen molar-refractivity contribution in [3.63, 3.8) is 0 Å². The highest BCUT2D eigenvalue weighted by Crippen LogP contribution is 2.27. The third-order valence-electron chi connectivity index (χ3n) is 2.03. The van der Waals surface area contributed by atoms with Gasteiger partial charge in [0, 0.05) is 14.5 Å². The molecule has 14 heavy (non-hydrogen) atoms. The van der Waals surface area contributed by atoms with E-state index in [1.54, 1.807) is 0 Å². The van der Waals surface area contributed by atoms with E-state index in [2.05, 4.69) is 43.5 Å². The fraction of sp³-hybridized carbons (Fsp3) is 0.100. The van der Waals surface area contributed by atoms with Crippen LogP contribution in [0.4, 0.5) is 0 Å². The van der Waals surface area contributed by atoms with Gasteiger partial charge in [0.05, 0.1) is 12.1 Å². The van der Waals surface area contributed by atoms with Crippen LogP contribution in [0.3, 0.4) is 0 Å². The summed E-state index contributed by atoms with van der Waals surface area (Å²) in [5, 5.41) is 10.3. The molecule has 0 aliphatic heterocycles. The highest BCUT2D eigenvalue weighted by Gasteiger charge is 2.09. The zero-order valence-electron chi connectivity index (χ0n) is 7.17. The summed E-state index contributed by atoms with van der Waals surface area (Å²) in [5.74, 6) is 0. The second-order valence-corrected chi connectivity index (χ2v) is 4.70. The van der Waals surface area contributed by atoms with E-state index >= 15 is 0 Å². The third kappa shape index (κ3) is 1.66. The van der Waals surface area contributed by atoms with E-state index in [4.69, 9.17) is 0 Å². The average Bonchev–Trinajstić information content (AvgIpc) is 2.18. The standard InChI is InChI=1S/C10H7BrINO/c11-10-7(5-14)9(12)6-3-1-2-4-8(6)13-10/h1-4,14H,5H2. The summed E-state index contributed by atoms with van der Waals surface area (Å²) >= 11 is 5.59. The van der Waals surface area contributed by atoms with Gasteiger partial charge in [0.25, 0.3) is 0 Å². The van der Waals surface area contributed by atoms with Crippen molar-refractivity contribution in [1.29, 1.82) is 0 Å². The topological polar surface area (TPSA) is 33.1 Å². The van der Waals surface area contributed by atoms with Crippen molar-refractivity contribution in [3.05, 3.63) is 38.0 Å². The van der Waals surface area contributed by atoms with Crippen molar-refractivity contribution in [2.45, 2.75) is 6.61 Å². The summed E-state index contributed by atoms with van der Waals surface area (Å²) in [4.78, 5) is 4.36. The Morgan fingerprint density at radius 2 is 2.07 bits per heavy atom. The smallest absolute Gasteiger partial charge is 0.113 e. The van der Waals surface area contributed by atoms with E-state index in [1.165, 1.54) is 0 Å². The van der Waals surface area contributed by atoms with E-state index in [-0.39, 0.29) is 6.61 Å². The summed E-state index contributed by atoms with van der Waals surface area (Å²) in [6.07, 6.45) is 0. The first-order valence-corrected chi connectivity index (χ1v) is 5.94. The van der Waals surface area contributed by atoms with Crippen LogP contribution in [0.15, 0.2) is 28.9 Å². The van der Waals surface area contributed by atoms with Crippen LogP contribution in [-0.4, -0.2) is 10.1 Å². The second kappa shape index (κ2) is 4.12. The predicted molar refractivity (Wildman–Crippen MR) is 68.1 cm³/mol. The maximum absolute atomic E-state index is 9.18. The molecule has 0 saturated carbocycles. The molecule has 0 amide bonds. The van der Waals surface area contributed by atoms with E-state index in [9.17, 15) is 5.11 Å². The van der Waals surface area contributed by atoms with Gasteiger partial charge in [0.2, 0.25) is 0 Å². The van der Waals surface area contributed by atoms with Gasteiger partial charge in [-0.1, -0.05) is 18.2 Å². The minimum Gasteiger partial charge on any atom is -0.392 e. The maximum atomic E-state index is 9.18. The number of rotatable bonds is 1. The van der Waals surface area contributed by atoms with Gasteiger partial charge < -0.3 is 5.11 Å². The molecule has 0 fully saturated rings. The van der Waals surface area contributed by atoms with Gasteiger partial charge in [-0.25, -0.2) is 4.98 Å². The van der Waals surface area contributed by atoms with Crippen LogP contribution in [0.2, 0.25) is 0 Å².